The van der Waals surface area contributed by atoms with Crippen LogP contribution in [-0.4, -0.2) is 43.0 Å². The number of ether oxygens (including phenoxy) is 1. The van der Waals surface area contributed by atoms with Crippen LogP contribution in [0.15, 0.2) is 42.6 Å². The second kappa shape index (κ2) is 7.42. The summed E-state index contributed by atoms with van der Waals surface area (Å²) >= 11 is 0. The molecule has 116 valence electrons. The first kappa shape index (κ1) is 15.8. The van der Waals surface area contributed by atoms with E-state index in [1.165, 1.54) is 6.20 Å². The maximum absolute atomic E-state index is 12.1. The van der Waals surface area contributed by atoms with Gasteiger partial charge in [0.25, 0.3) is 5.91 Å². The number of pyridine rings is 1. The number of aromatic nitrogens is 1. The molecule has 0 aliphatic rings. The van der Waals surface area contributed by atoms with Crippen LogP contribution in [0.1, 0.15) is 10.5 Å². The van der Waals surface area contributed by atoms with E-state index in [0.717, 1.165) is 6.54 Å². The van der Waals surface area contributed by atoms with Crippen molar-refractivity contribution < 1.29 is 9.53 Å². The molecule has 1 amide bonds. The van der Waals surface area contributed by atoms with E-state index >= 15 is 0 Å². The van der Waals surface area contributed by atoms with Crippen molar-refractivity contribution in [3.63, 3.8) is 0 Å². The minimum atomic E-state index is -0.287. The third-order valence-corrected chi connectivity index (χ3v) is 2.92. The number of carbonyl (C=O) groups excluding carboxylic acids is 1. The van der Waals surface area contributed by atoms with Crippen LogP contribution in [0.5, 0.6) is 5.75 Å². The summed E-state index contributed by atoms with van der Waals surface area (Å²) in [5.74, 6) is 0.426. The standard InChI is InChI=1S/C16H20N4O2/c1-20(2)8-9-22-14-5-3-4-13(10-14)19-16(21)15-7-6-12(17)11-18-15/h3-7,10-11H,8-9,17H2,1-2H3,(H,19,21). The van der Waals surface area contributed by atoms with E-state index in [9.17, 15) is 4.79 Å². The van der Waals surface area contributed by atoms with Crippen LogP contribution in [0, 0.1) is 0 Å². The van der Waals surface area contributed by atoms with Gasteiger partial charge in [-0.25, -0.2) is 4.98 Å². The molecule has 0 unspecified atom stereocenters. The quantitative estimate of drug-likeness (QED) is 0.851. The molecule has 1 heterocycles. The van der Waals surface area contributed by atoms with Crippen molar-refractivity contribution in [3.8, 4) is 5.75 Å². The van der Waals surface area contributed by atoms with E-state index in [4.69, 9.17) is 10.5 Å². The number of likely N-dealkylation sites (N-methyl/N-ethyl adjacent to an activating group) is 1. The van der Waals surface area contributed by atoms with Gasteiger partial charge in [-0.2, -0.15) is 0 Å². The minimum absolute atomic E-state index is 0.287. The van der Waals surface area contributed by atoms with E-state index in [0.29, 0.717) is 29.4 Å². The maximum Gasteiger partial charge on any atom is 0.274 e. The molecule has 3 N–H and O–H groups in total. The minimum Gasteiger partial charge on any atom is -0.492 e. The van der Waals surface area contributed by atoms with Gasteiger partial charge >= 0.3 is 0 Å². The third kappa shape index (κ3) is 4.75. The topological polar surface area (TPSA) is 80.5 Å². The molecular formula is C16H20N4O2. The summed E-state index contributed by atoms with van der Waals surface area (Å²) in [7, 11) is 3.97. The van der Waals surface area contributed by atoms with Crippen molar-refractivity contribution >= 4 is 17.3 Å². The van der Waals surface area contributed by atoms with Crippen LogP contribution in [0.2, 0.25) is 0 Å². The van der Waals surface area contributed by atoms with Crippen molar-refractivity contribution in [2.45, 2.75) is 0 Å². The van der Waals surface area contributed by atoms with Crippen molar-refractivity contribution in [3.05, 3.63) is 48.3 Å². The fourth-order valence-corrected chi connectivity index (χ4v) is 1.74. The summed E-state index contributed by atoms with van der Waals surface area (Å²) in [6.07, 6.45) is 1.45. The molecule has 0 radical (unpaired) electrons. The Morgan fingerprint density at radius 1 is 1.32 bits per heavy atom. The molecule has 0 aliphatic heterocycles. The molecule has 1 aromatic carbocycles. The Morgan fingerprint density at radius 3 is 2.82 bits per heavy atom. The predicted molar refractivity (Wildman–Crippen MR) is 87.1 cm³/mol. The van der Waals surface area contributed by atoms with Crippen LogP contribution >= 0.6 is 0 Å². The van der Waals surface area contributed by atoms with Crippen molar-refractivity contribution in [2.24, 2.45) is 0 Å². The lowest BCUT2D eigenvalue weighted by Gasteiger charge is -2.12. The van der Waals surface area contributed by atoms with Crippen LogP contribution < -0.4 is 15.8 Å². The fraction of sp³-hybridized carbons (Fsp3) is 0.250. The highest BCUT2D eigenvalue weighted by molar-refractivity contribution is 6.03. The van der Waals surface area contributed by atoms with Gasteiger partial charge in [-0.05, 0) is 38.4 Å². The molecule has 0 saturated carbocycles. The highest BCUT2D eigenvalue weighted by Gasteiger charge is 2.08. The molecule has 0 atom stereocenters. The van der Waals surface area contributed by atoms with Crippen molar-refractivity contribution in [2.75, 3.05) is 38.3 Å². The van der Waals surface area contributed by atoms with Gasteiger partial charge in [0.2, 0.25) is 0 Å². The largest absolute Gasteiger partial charge is 0.492 e. The summed E-state index contributed by atoms with van der Waals surface area (Å²) in [6, 6.07) is 10.5. The number of benzene rings is 1. The molecule has 6 nitrogen and oxygen atoms in total. The number of nitrogens with two attached hydrogens (primary N) is 1. The van der Waals surface area contributed by atoms with Gasteiger partial charge in [0, 0.05) is 18.3 Å². The molecule has 2 rings (SSSR count). The first-order valence-electron chi connectivity index (χ1n) is 6.95. The average Bonchev–Trinajstić information content (AvgIpc) is 2.48. The lowest BCUT2D eigenvalue weighted by atomic mass is 10.2. The number of rotatable bonds is 6. The number of hydrogen-bond donors (Lipinski definition) is 2. The maximum atomic E-state index is 12.1. The SMILES string of the molecule is CN(C)CCOc1cccc(NC(=O)c2ccc(N)cn2)c1. The Bertz CT molecular complexity index is 626. The lowest BCUT2D eigenvalue weighted by molar-refractivity contribution is 0.102. The smallest absolute Gasteiger partial charge is 0.274 e. The van der Waals surface area contributed by atoms with Gasteiger partial charge in [-0.15, -0.1) is 0 Å². The van der Waals surface area contributed by atoms with Crippen molar-refractivity contribution in [1.82, 2.24) is 9.88 Å². The first-order valence-corrected chi connectivity index (χ1v) is 6.95. The Hall–Kier alpha value is -2.60. The van der Waals surface area contributed by atoms with E-state index in [-0.39, 0.29) is 5.91 Å². The monoisotopic (exact) mass is 300 g/mol. The third-order valence-electron chi connectivity index (χ3n) is 2.92. The van der Waals surface area contributed by atoms with Gasteiger partial charge in [0.15, 0.2) is 0 Å². The predicted octanol–water partition coefficient (Wildman–Crippen LogP) is 1.86. The lowest BCUT2D eigenvalue weighted by Crippen LogP contribution is -2.19. The molecule has 0 saturated heterocycles. The summed E-state index contributed by atoms with van der Waals surface area (Å²) in [5.41, 5.74) is 7.05. The summed E-state index contributed by atoms with van der Waals surface area (Å²) < 4.78 is 5.64. The zero-order valence-corrected chi connectivity index (χ0v) is 12.7. The van der Waals surface area contributed by atoms with Gasteiger partial charge in [-0.3, -0.25) is 4.79 Å². The van der Waals surface area contributed by atoms with Crippen LogP contribution in [0.25, 0.3) is 0 Å². The van der Waals surface area contributed by atoms with Gasteiger partial charge in [0.05, 0.1) is 11.9 Å². The summed E-state index contributed by atoms with van der Waals surface area (Å²) in [6.45, 7) is 1.41. The fourth-order valence-electron chi connectivity index (χ4n) is 1.74. The Labute approximate surface area is 129 Å². The molecule has 22 heavy (non-hydrogen) atoms. The number of nitrogens with one attached hydrogen (secondary N) is 1. The molecule has 0 spiro atoms. The zero-order valence-electron chi connectivity index (χ0n) is 12.7. The number of amides is 1. The van der Waals surface area contributed by atoms with E-state index in [1.807, 2.05) is 31.1 Å². The molecule has 1 aromatic heterocycles. The molecule has 0 bridgehead atoms. The van der Waals surface area contributed by atoms with E-state index in [2.05, 4.69) is 10.3 Å². The normalized spacial score (nSPS) is 10.5. The number of carbonyl (C=O) groups is 1. The average molecular weight is 300 g/mol. The second-order valence-corrected chi connectivity index (χ2v) is 5.11. The number of hydrogen-bond acceptors (Lipinski definition) is 5. The van der Waals surface area contributed by atoms with Crippen LogP contribution in [0.4, 0.5) is 11.4 Å². The molecule has 0 fully saturated rings. The van der Waals surface area contributed by atoms with Gasteiger partial charge < -0.3 is 20.7 Å². The van der Waals surface area contributed by atoms with Crippen LogP contribution in [-0.2, 0) is 0 Å². The van der Waals surface area contributed by atoms with Crippen LogP contribution in [0.3, 0.4) is 0 Å². The number of anilines is 2. The number of nitrogens with zero attached hydrogens (tertiary/aromatic N) is 2. The van der Waals surface area contributed by atoms with Crippen molar-refractivity contribution in [1.29, 1.82) is 0 Å². The highest BCUT2D eigenvalue weighted by Crippen LogP contribution is 2.18. The molecule has 0 aliphatic carbocycles. The van der Waals surface area contributed by atoms with E-state index in [1.54, 1.807) is 24.3 Å². The zero-order chi connectivity index (χ0) is 15.9. The van der Waals surface area contributed by atoms with E-state index < -0.39 is 0 Å². The molecular weight excluding hydrogens is 280 g/mol. The van der Waals surface area contributed by atoms with Gasteiger partial charge in [0.1, 0.15) is 18.1 Å². The molecule has 2 aromatic rings. The molecule has 6 heteroatoms. The van der Waals surface area contributed by atoms with Gasteiger partial charge in [-0.1, -0.05) is 6.07 Å². The number of nitrogen functional groups attached to an aromatic ring is 1. The second-order valence-electron chi connectivity index (χ2n) is 5.11. The first-order chi connectivity index (χ1) is 10.5. The summed E-state index contributed by atoms with van der Waals surface area (Å²) in [4.78, 5) is 18.1. The Balaban J connectivity index is 1.97. The highest BCUT2D eigenvalue weighted by atomic mass is 16.5. The summed E-state index contributed by atoms with van der Waals surface area (Å²) in [5, 5.41) is 2.78. The Kier molecular flexibility index (Phi) is 5.32. The Morgan fingerprint density at radius 2 is 2.14 bits per heavy atom.